The Morgan fingerprint density at radius 2 is 1.91 bits per heavy atom. The Morgan fingerprint density at radius 1 is 1.12 bits per heavy atom. The van der Waals surface area contributed by atoms with Crippen molar-refractivity contribution in [2.45, 2.75) is 32.2 Å². The number of piperazine rings is 1. The maximum absolute atomic E-state index is 13.4. The number of pyridine rings is 1. The number of fused-ring (bicyclic) bond motifs is 2. The van der Waals surface area contributed by atoms with Crippen molar-refractivity contribution in [3.8, 4) is 0 Å². The molecule has 180 valence electrons. The van der Waals surface area contributed by atoms with Crippen LogP contribution in [0.3, 0.4) is 0 Å². The third-order valence-electron chi connectivity index (χ3n) is 7.07. The highest BCUT2D eigenvalue weighted by Crippen LogP contribution is 2.36. The van der Waals surface area contributed by atoms with Crippen LogP contribution in [0, 0.1) is 6.92 Å². The SMILES string of the molecule is Cc1c([C@@H](C)Nc2nncc3ncc(N4CCN5CCN(C)C5C4)cc23)cccc1C(F)(F)F. The summed E-state index contributed by atoms with van der Waals surface area (Å²) < 4.78 is 40.2. The van der Waals surface area contributed by atoms with Gasteiger partial charge in [0.15, 0.2) is 5.82 Å². The van der Waals surface area contributed by atoms with Crippen molar-refractivity contribution in [1.82, 2.24) is 25.0 Å². The molecule has 1 unspecified atom stereocenters. The number of nitrogens with zero attached hydrogens (tertiary/aromatic N) is 6. The van der Waals surface area contributed by atoms with Crippen LogP contribution in [-0.4, -0.2) is 70.9 Å². The van der Waals surface area contributed by atoms with E-state index < -0.39 is 17.8 Å². The van der Waals surface area contributed by atoms with Crippen LogP contribution < -0.4 is 10.2 Å². The highest BCUT2D eigenvalue weighted by molar-refractivity contribution is 5.90. The second-order valence-electron chi connectivity index (χ2n) is 9.15. The molecular weight excluding hydrogens is 443 g/mol. The molecule has 0 aliphatic carbocycles. The van der Waals surface area contributed by atoms with Crippen molar-refractivity contribution < 1.29 is 13.2 Å². The summed E-state index contributed by atoms with van der Waals surface area (Å²) >= 11 is 0. The van der Waals surface area contributed by atoms with E-state index in [0.29, 0.717) is 23.1 Å². The Hall–Kier alpha value is -2.98. The van der Waals surface area contributed by atoms with Gasteiger partial charge in [-0.25, -0.2) is 0 Å². The second-order valence-corrected chi connectivity index (χ2v) is 9.15. The number of nitrogens with one attached hydrogen (secondary N) is 1. The van der Waals surface area contributed by atoms with Crippen molar-refractivity contribution in [3.05, 3.63) is 53.3 Å². The minimum Gasteiger partial charge on any atom is -0.366 e. The van der Waals surface area contributed by atoms with Crippen molar-refractivity contribution in [3.63, 3.8) is 0 Å². The monoisotopic (exact) mass is 471 g/mol. The van der Waals surface area contributed by atoms with Gasteiger partial charge in [0.05, 0.1) is 41.4 Å². The van der Waals surface area contributed by atoms with Gasteiger partial charge in [-0.3, -0.25) is 14.8 Å². The first-order valence-corrected chi connectivity index (χ1v) is 11.5. The first kappa shape index (κ1) is 22.8. The fourth-order valence-electron chi connectivity index (χ4n) is 5.09. The lowest BCUT2D eigenvalue weighted by Crippen LogP contribution is -2.54. The van der Waals surface area contributed by atoms with E-state index in [1.165, 1.54) is 13.0 Å². The number of alkyl halides is 3. The number of halogens is 3. The van der Waals surface area contributed by atoms with Gasteiger partial charge in [-0.05, 0) is 44.2 Å². The number of aromatic nitrogens is 3. The average Bonchev–Trinajstić information content (AvgIpc) is 3.18. The van der Waals surface area contributed by atoms with Crippen molar-refractivity contribution >= 4 is 22.4 Å². The molecule has 0 radical (unpaired) electrons. The molecule has 2 atom stereocenters. The van der Waals surface area contributed by atoms with Gasteiger partial charge in [-0.1, -0.05) is 12.1 Å². The van der Waals surface area contributed by atoms with Crippen LogP contribution in [0.25, 0.3) is 10.9 Å². The van der Waals surface area contributed by atoms with Gasteiger partial charge >= 0.3 is 6.18 Å². The quantitative estimate of drug-likeness (QED) is 0.619. The van der Waals surface area contributed by atoms with Crippen molar-refractivity contribution in [2.75, 3.05) is 50.0 Å². The molecule has 7 nitrogen and oxygen atoms in total. The highest BCUT2D eigenvalue weighted by atomic mass is 19.4. The summed E-state index contributed by atoms with van der Waals surface area (Å²) in [5, 5.41) is 12.4. The van der Waals surface area contributed by atoms with Crippen LogP contribution in [0.2, 0.25) is 0 Å². The van der Waals surface area contributed by atoms with E-state index in [2.05, 4.69) is 48.3 Å². The first-order chi connectivity index (χ1) is 16.2. The molecule has 0 amide bonds. The zero-order valence-corrected chi connectivity index (χ0v) is 19.5. The van der Waals surface area contributed by atoms with E-state index in [4.69, 9.17) is 0 Å². The van der Waals surface area contributed by atoms with Crippen LogP contribution in [-0.2, 0) is 6.18 Å². The third-order valence-corrected chi connectivity index (χ3v) is 7.07. The van der Waals surface area contributed by atoms with Crippen LogP contribution >= 0.6 is 0 Å². The number of hydrogen-bond donors (Lipinski definition) is 1. The molecule has 5 rings (SSSR count). The smallest absolute Gasteiger partial charge is 0.366 e. The third kappa shape index (κ3) is 4.16. The number of benzene rings is 1. The fraction of sp³-hybridized carbons (Fsp3) is 0.458. The lowest BCUT2D eigenvalue weighted by Gasteiger charge is -2.40. The van der Waals surface area contributed by atoms with Crippen molar-refractivity contribution in [1.29, 1.82) is 0 Å². The summed E-state index contributed by atoms with van der Waals surface area (Å²) in [4.78, 5) is 11.8. The highest BCUT2D eigenvalue weighted by Gasteiger charge is 2.35. The summed E-state index contributed by atoms with van der Waals surface area (Å²) in [5.41, 5.74) is 1.85. The zero-order chi connectivity index (χ0) is 24.0. The number of hydrogen-bond acceptors (Lipinski definition) is 7. The summed E-state index contributed by atoms with van der Waals surface area (Å²) in [6.07, 6.45) is -0.539. The maximum Gasteiger partial charge on any atom is 0.416 e. The first-order valence-electron chi connectivity index (χ1n) is 11.5. The Balaban J connectivity index is 1.43. The van der Waals surface area contributed by atoms with E-state index >= 15 is 0 Å². The van der Waals surface area contributed by atoms with Gasteiger partial charge in [-0.15, -0.1) is 5.10 Å². The summed E-state index contributed by atoms with van der Waals surface area (Å²) in [6.45, 7) is 8.31. The number of rotatable bonds is 4. The van der Waals surface area contributed by atoms with Crippen LogP contribution in [0.1, 0.15) is 29.7 Å². The Morgan fingerprint density at radius 3 is 2.71 bits per heavy atom. The topological polar surface area (TPSA) is 60.4 Å². The van der Waals surface area contributed by atoms with E-state index in [1.807, 2.05) is 13.1 Å². The molecule has 2 fully saturated rings. The summed E-state index contributed by atoms with van der Waals surface area (Å²) in [5.74, 6) is 0.507. The lowest BCUT2D eigenvalue weighted by atomic mass is 9.97. The minimum absolute atomic E-state index is 0.209. The Kier molecular flexibility index (Phi) is 5.81. The van der Waals surface area contributed by atoms with Gasteiger partial charge in [-0.2, -0.15) is 18.3 Å². The number of likely N-dealkylation sites (N-methyl/N-ethyl adjacent to an activating group) is 1. The van der Waals surface area contributed by atoms with Crippen LogP contribution in [0.15, 0.2) is 36.7 Å². The average molecular weight is 472 g/mol. The molecule has 34 heavy (non-hydrogen) atoms. The summed E-state index contributed by atoms with van der Waals surface area (Å²) in [7, 11) is 2.15. The molecule has 4 heterocycles. The zero-order valence-electron chi connectivity index (χ0n) is 19.5. The largest absolute Gasteiger partial charge is 0.416 e. The van der Waals surface area contributed by atoms with Crippen molar-refractivity contribution in [2.24, 2.45) is 0 Å². The standard InChI is InChI=1S/C24H28F3N7/c1-15-18(5-4-6-20(15)24(25,26)27)16(2)30-23-19-11-17(12-28-21(19)13-29-31-23)34-10-9-33-8-7-32(3)22(33)14-34/h4-6,11-13,16,22H,7-10,14H2,1-3H3,(H,30,31)/t16-,22?/m1/s1. The predicted octanol–water partition coefficient (Wildman–Crippen LogP) is 3.92. The molecule has 2 aromatic heterocycles. The van der Waals surface area contributed by atoms with Crippen LogP contribution in [0.5, 0.6) is 0 Å². The molecule has 2 saturated heterocycles. The molecule has 10 heteroatoms. The van der Waals surface area contributed by atoms with Gasteiger partial charge < -0.3 is 10.2 Å². The van der Waals surface area contributed by atoms with E-state index in [0.717, 1.165) is 49.9 Å². The maximum atomic E-state index is 13.4. The Labute approximate surface area is 196 Å². The van der Waals surface area contributed by atoms with Crippen LogP contribution in [0.4, 0.5) is 24.7 Å². The predicted molar refractivity (Wildman–Crippen MR) is 126 cm³/mol. The van der Waals surface area contributed by atoms with Gasteiger partial charge in [0, 0.05) is 38.1 Å². The molecular formula is C24H28F3N7. The molecule has 1 N–H and O–H groups in total. The van der Waals surface area contributed by atoms with E-state index in [1.54, 1.807) is 12.3 Å². The second kappa shape index (κ2) is 8.66. The van der Waals surface area contributed by atoms with Gasteiger partial charge in [0.25, 0.3) is 0 Å². The van der Waals surface area contributed by atoms with E-state index in [-0.39, 0.29) is 5.56 Å². The molecule has 3 aromatic rings. The fourth-order valence-corrected chi connectivity index (χ4v) is 5.09. The lowest BCUT2D eigenvalue weighted by molar-refractivity contribution is -0.138. The number of anilines is 2. The molecule has 2 aliphatic rings. The molecule has 0 spiro atoms. The van der Waals surface area contributed by atoms with Gasteiger partial charge in [0.2, 0.25) is 0 Å². The molecule has 0 saturated carbocycles. The molecule has 2 aliphatic heterocycles. The molecule has 0 bridgehead atoms. The van der Waals surface area contributed by atoms with Gasteiger partial charge in [0.1, 0.15) is 0 Å². The van der Waals surface area contributed by atoms with E-state index in [9.17, 15) is 13.2 Å². The minimum atomic E-state index is -4.39. The summed E-state index contributed by atoms with van der Waals surface area (Å²) in [6, 6.07) is 5.91. The normalized spacial score (nSPS) is 20.5. The Bertz CT molecular complexity index is 1200. The molecule has 1 aromatic carbocycles.